The number of hydrogen-bond acceptors (Lipinski definition) is 4. The third-order valence-electron chi connectivity index (χ3n) is 7.08. The first-order valence-electron chi connectivity index (χ1n) is 11.7. The van der Waals surface area contributed by atoms with Crippen molar-refractivity contribution in [1.82, 2.24) is 14.8 Å². The van der Waals surface area contributed by atoms with Gasteiger partial charge in [-0.1, -0.05) is 42.5 Å². The second kappa shape index (κ2) is 8.56. The predicted molar refractivity (Wildman–Crippen MR) is 129 cm³/mol. The van der Waals surface area contributed by atoms with Crippen molar-refractivity contribution < 1.29 is 24.4 Å². The zero-order valence-electron chi connectivity index (χ0n) is 19.1. The van der Waals surface area contributed by atoms with E-state index < -0.39 is 17.3 Å². The predicted octanol–water partition coefficient (Wildman–Crippen LogP) is 2.60. The lowest BCUT2D eigenvalue weighted by Gasteiger charge is -2.47. The number of carbonyl (C=O) groups excluding carboxylic acids is 2. The van der Waals surface area contributed by atoms with E-state index in [0.717, 1.165) is 27.7 Å². The van der Waals surface area contributed by atoms with E-state index in [-0.39, 0.29) is 36.4 Å². The molecule has 3 unspecified atom stereocenters. The molecule has 6 rings (SSSR count). The molecule has 1 saturated heterocycles. The number of H-pyrrole nitrogens is 1. The minimum atomic E-state index is -1.06. The summed E-state index contributed by atoms with van der Waals surface area (Å²) in [6.45, 7) is 0.0898. The molecule has 3 atom stereocenters. The van der Waals surface area contributed by atoms with Crippen molar-refractivity contribution >= 4 is 28.4 Å². The lowest BCUT2D eigenvalue weighted by Crippen LogP contribution is -2.99. The lowest BCUT2D eigenvalue weighted by molar-refractivity contribution is -0.991. The maximum absolute atomic E-state index is 13.8. The number of piperazine rings is 1. The Labute approximate surface area is 205 Å². The highest BCUT2D eigenvalue weighted by Crippen LogP contribution is 2.42. The molecule has 0 aliphatic carbocycles. The van der Waals surface area contributed by atoms with Crippen LogP contribution in [0, 0.1) is 11.0 Å². The fourth-order valence-electron chi connectivity index (χ4n) is 5.46. The van der Waals surface area contributed by atoms with Gasteiger partial charge in [-0.25, -0.2) is 9.60 Å². The number of aromatic amines is 1. The van der Waals surface area contributed by atoms with Gasteiger partial charge in [0, 0.05) is 41.7 Å². The number of rotatable bonds is 4. The molecule has 2 aliphatic heterocycles. The molecular formula is C27H23FN4O4. The van der Waals surface area contributed by atoms with E-state index in [2.05, 4.69) is 4.98 Å². The molecule has 4 aromatic rings. The third-order valence-corrected chi connectivity index (χ3v) is 7.08. The van der Waals surface area contributed by atoms with Crippen LogP contribution >= 0.6 is 0 Å². The van der Waals surface area contributed by atoms with Crippen LogP contribution in [-0.4, -0.2) is 44.4 Å². The van der Waals surface area contributed by atoms with Crippen molar-refractivity contribution in [3.05, 3.63) is 106 Å². The maximum Gasteiger partial charge on any atom is 0.246 e. The third kappa shape index (κ3) is 3.65. The molecule has 2 amide bonds. The monoisotopic (exact) mass is 486 g/mol. The van der Waals surface area contributed by atoms with E-state index in [9.17, 15) is 24.4 Å². The average Bonchev–Trinajstić information content (AvgIpc) is 3.25. The number of fused-ring (bicyclic) bond motifs is 4. The van der Waals surface area contributed by atoms with E-state index in [0.29, 0.717) is 12.0 Å². The Balaban J connectivity index is 1.45. The number of hydrogen-bond donors (Lipinski definition) is 3. The van der Waals surface area contributed by atoms with Crippen LogP contribution in [-0.2, 0) is 22.6 Å². The maximum atomic E-state index is 13.8. The number of quaternary nitrogens is 1. The van der Waals surface area contributed by atoms with Gasteiger partial charge < -0.3 is 20.0 Å². The highest BCUT2D eigenvalue weighted by atomic mass is 19.1. The zero-order chi connectivity index (χ0) is 25.0. The Morgan fingerprint density at radius 3 is 2.61 bits per heavy atom. The van der Waals surface area contributed by atoms with E-state index >= 15 is 0 Å². The van der Waals surface area contributed by atoms with Gasteiger partial charge in [-0.15, -0.1) is 0 Å². The molecule has 3 heterocycles. The molecule has 0 spiro atoms. The van der Waals surface area contributed by atoms with Crippen LogP contribution in [0.5, 0.6) is 0 Å². The molecule has 9 heteroatoms. The van der Waals surface area contributed by atoms with E-state index in [1.54, 1.807) is 35.2 Å². The summed E-state index contributed by atoms with van der Waals surface area (Å²) in [5.74, 6) is -0.775. The highest BCUT2D eigenvalue weighted by Gasteiger charge is 2.48. The standard InChI is InChI=1S/C27H23FN4O4/c28-18-10-8-16(9-11-18)14-30-15-24(33)31-23(27(30)34)13-21-20-6-1-2-7-22(20)29-25(21)26(31)17-4-3-5-19(12-17)32(35)36/h1-12,23,26,29,32,35H,13-15H2. The van der Waals surface area contributed by atoms with E-state index in [1.165, 1.54) is 23.1 Å². The van der Waals surface area contributed by atoms with Crippen molar-refractivity contribution in [1.29, 1.82) is 0 Å². The molecular weight excluding hydrogens is 463 g/mol. The molecule has 3 aromatic carbocycles. The van der Waals surface area contributed by atoms with E-state index in [4.69, 9.17) is 0 Å². The summed E-state index contributed by atoms with van der Waals surface area (Å²) < 4.78 is 13.4. The van der Waals surface area contributed by atoms with Crippen molar-refractivity contribution in [2.75, 3.05) is 6.54 Å². The first-order valence-corrected chi connectivity index (χ1v) is 11.7. The van der Waals surface area contributed by atoms with Gasteiger partial charge in [0.05, 0.1) is 6.04 Å². The fraction of sp³-hybridized carbons (Fsp3) is 0.185. The summed E-state index contributed by atoms with van der Waals surface area (Å²) in [6.07, 6.45) is 0.346. The van der Waals surface area contributed by atoms with Crippen molar-refractivity contribution in [3.8, 4) is 0 Å². The number of halogens is 1. The van der Waals surface area contributed by atoms with Gasteiger partial charge in [0.1, 0.15) is 18.4 Å². The molecule has 0 radical (unpaired) electrons. The van der Waals surface area contributed by atoms with Gasteiger partial charge >= 0.3 is 0 Å². The van der Waals surface area contributed by atoms with Crippen LogP contribution < -0.4 is 5.23 Å². The summed E-state index contributed by atoms with van der Waals surface area (Å²) in [7, 11) is 0. The van der Waals surface area contributed by atoms with Gasteiger partial charge in [-0.05, 0) is 34.9 Å². The quantitative estimate of drug-likeness (QED) is 0.386. The second-order valence-corrected chi connectivity index (χ2v) is 9.24. The van der Waals surface area contributed by atoms with Gasteiger partial charge in [0.15, 0.2) is 5.69 Å². The SMILES string of the molecule is O=C1C2Cc3c([nH]c4ccccc34)C(c3cccc([NH+]([O-])O)c3)N2C(=O)CN1Cc1ccc(F)cc1. The number of carbonyl (C=O) groups is 2. The van der Waals surface area contributed by atoms with Gasteiger partial charge in [0.25, 0.3) is 0 Å². The Kier molecular flexibility index (Phi) is 5.33. The molecule has 182 valence electrons. The molecule has 2 aliphatic rings. The number of nitrogens with zero attached hydrogens (tertiary/aromatic N) is 2. The molecule has 0 saturated carbocycles. The van der Waals surface area contributed by atoms with Crippen LogP contribution in [0.2, 0.25) is 0 Å². The average molecular weight is 487 g/mol. The molecule has 1 fully saturated rings. The van der Waals surface area contributed by atoms with Crippen molar-refractivity contribution in [3.63, 3.8) is 0 Å². The number of aromatic nitrogens is 1. The Morgan fingerprint density at radius 1 is 1.06 bits per heavy atom. The molecule has 8 nitrogen and oxygen atoms in total. The first kappa shape index (κ1) is 22.4. The van der Waals surface area contributed by atoms with Crippen LogP contribution in [0.15, 0.2) is 72.8 Å². The Bertz CT molecular complexity index is 1480. The second-order valence-electron chi connectivity index (χ2n) is 9.24. The number of amides is 2. The number of nitrogens with one attached hydrogen (secondary N) is 2. The minimum absolute atomic E-state index is 0.112. The summed E-state index contributed by atoms with van der Waals surface area (Å²) in [5.41, 5.74) is 4.11. The zero-order valence-corrected chi connectivity index (χ0v) is 19.1. The summed E-state index contributed by atoms with van der Waals surface area (Å²) in [5, 5.41) is 21.2. The molecule has 36 heavy (non-hydrogen) atoms. The summed E-state index contributed by atoms with van der Waals surface area (Å²) in [6, 6.07) is 18.8. The fourth-order valence-corrected chi connectivity index (χ4v) is 5.46. The van der Waals surface area contributed by atoms with Crippen LogP contribution in [0.25, 0.3) is 10.9 Å². The van der Waals surface area contributed by atoms with Crippen LogP contribution in [0.1, 0.15) is 28.4 Å². The topological polar surface area (TPSA) is 104 Å². The molecule has 1 aromatic heterocycles. The minimum Gasteiger partial charge on any atom is -0.595 e. The molecule has 0 bridgehead atoms. The van der Waals surface area contributed by atoms with Gasteiger partial charge in [0.2, 0.25) is 11.8 Å². The number of benzene rings is 3. The van der Waals surface area contributed by atoms with Gasteiger partial charge in [-0.2, -0.15) is 5.23 Å². The lowest BCUT2D eigenvalue weighted by atomic mass is 9.86. The summed E-state index contributed by atoms with van der Waals surface area (Å²) in [4.78, 5) is 33.9. The van der Waals surface area contributed by atoms with E-state index in [1.807, 2.05) is 24.3 Å². The first-order chi connectivity index (χ1) is 17.4. The van der Waals surface area contributed by atoms with Crippen molar-refractivity contribution in [2.45, 2.75) is 25.0 Å². The largest absolute Gasteiger partial charge is 0.595 e. The number of para-hydroxylation sites is 1. The normalized spacial score (nSPS) is 20.4. The van der Waals surface area contributed by atoms with Crippen LogP contribution in [0.4, 0.5) is 10.1 Å². The summed E-state index contributed by atoms with van der Waals surface area (Å²) >= 11 is 0. The smallest absolute Gasteiger partial charge is 0.246 e. The van der Waals surface area contributed by atoms with Crippen LogP contribution in [0.3, 0.4) is 0 Å². The van der Waals surface area contributed by atoms with Gasteiger partial charge in [-0.3, -0.25) is 9.59 Å². The Hall–Kier alpha value is -4.05. The molecule has 3 N–H and O–H groups in total. The Morgan fingerprint density at radius 2 is 1.83 bits per heavy atom. The highest BCUT2D eigenvalue weighted by molar-refractivity contribution is 5.97. The van der Waals surface area contributed by atoms with Crippen molar-refractivity contribution in [2.24, 2.45) is 0 Å².